The number of nitrogens with one attached hydrogen (secondary N) is 1. The van der Waals surface area contributed by atoms with Crippen LogP contribution in [-0.4, -0.2) is 36.6 Å². The van der Waals surface area contributed by atoms with Crippen LogP contribution in [0.5, 0.6) is 11.8 Å². The average molecular weight is 254 g/mol. The maximum absolute atomic E-state index is 11.2. The molecule has 0 radical (unpaired) electrons. The van der Waals surface area contributed by atoms with Crippen molar-refractivity contribution in [3.05, 3.63) is 6.07 Å². The van der Waals surface area contributed by atoms with E-state index >= 15 is 0 Å². The minimum atomic E-state index is -0.695. The van der Waals surface area contributed by atoms with E-state index in [4.69, 9.17) is 15.2 Å². The van der Waals surface area contributed by atoms with E-state index < -0.39 is 11.3 Å². The number of hydrogen-bond donors (Lipinski definition) is 2. The summed E-state index contributed by atoms with van der Waals surface area (Å²) in [5, 5.41) is 2.93. The Morgan fingerprint density at radius 1 is 1.33 bits per heavy atom. The maximum Gasteiger partial charge on any atom is 0.229 e. The number of nitrogens with zero attached hydrogens (tertiary/aromatic N) is 2. The van der Waals surface area contributed by atoms with E-state index in [1.165, 1.54) is 14.2 Å². The number of ether oxygens (including phenoxy) is 2. The van der Waals surface area contributed by atoms with E-state index in [9.17, 15) is 4.79 Å². The van der Waals surface area contributed by atoms with Gasteiger partial charge in [-0.15, -0.1) is 0 Å². The third kappa shape index (κ3) is 3.47. The summed E-state index contributed by atoms with van der Waals surface area (Å²) in [6.07, 6.45) is 0. The van der Waals surface area contributed by atoms with Gasteiger partial charge in [0, 0.05) is 6.54 Å². The van der Waals surface area contributed by atoms with Crippen LogP contribution in [0.3, 0.4) is 0 Å². The molecule has 18 heavy (non-hydrogen) atoms. The van der Waals surface area contributed by atoms with E-state index in [1.54, 1.807) is 19.9 Å². The predicted molar refractivity (Wildman–Crippen MR) is 66.6 cm³/mol. The van der Waals surface area contributed by atoms with Crippen LogP contribution in [0.15, 0.2) is 6.07 Å². The number of rotatable bonds is 6. The molecule has 1 aromatic heterocycles. The molecule has 0 aliphatic carbocycles. The van der Waals surface area contributed by atoms with Gasteiger partial charge < -0.3 is 20.5 Å². The minimum Gasteiger partial charge on any atom is -0.481 e. The topological polar surface area (TPSA) is 99.4 Å². The van der Waals surface area contributed by atoms with Gasteiger partial charge in [0.15, 0.2) is 0 Å². The molecule has 0 aliphatic rings. The van der Waals surface area contributed by atoms with E-state index in [0.717, 1.165) is 0 Å². The summed E-state index contributed by atoms with van der Waals surface area (Å²) >= 11 is 0. The molecular formula is C11H18N4O3. The normalized spacial score (nSPS) is 10.9. The van der Waals surface area contributed by atoms with Gasteiger partial charge in [-0.2, -0.15) is 9.97 Å². The Hall–Kier alpha value is -2.05. The smallest absolute Gasteiger partial charge is 0.229 e. The molecule has 0 saturated carbocycles. The first-order valence-corrected chi connectivity index (χ1v) is 5.40. The lowest BCUT2D eigenvalue weighted by atomic mass is 9.93. The number of anilines is 1. The highest BCUT2D eigenvalue weighted by molar-refractivity contribution is 5.80. The molecule has 7 nitrogen and oxygen atoms in total. The number of aromatic nitrogens is 2. The van der Waals surface area contributed by atoms with Gasteiger partial charge in [0.2, 0.25) is 23.6 Å². The fourth-order valence-electron chi connectivity index (χ4n) is 1.08. The zero-order valence-corrected chi connectivity index (χ0v) is 11.0. The summed E-state index contributed by atoms with van der Waals surface area (Å²) in [7, 11) is 3.00. The molecule has 0 bridgehead atoms. The zero-order chi connectivity index (χ0) is 13.8. The first-order chi connectivity index (χ1) is 8.39. The second-order valence-corrected chi connectivity index (χ2v) is 4.38. The predicted octanol–water partition coefficient (Wildman–Crippen LogP) is 0.417. The number of amides is 1. The second kappa shape index (κ2) is 5.52. The van der Waals surface area contributed by atoms with Gasteiger partial charge in [0.25, 0.3) is 0 Å². The van der Waals surface area contributed by atoms with Gasteiger partial charge >= 0.3 is 0 Å². The molecule has 0 aliphatic heterocycles. The SMILES string of the molecule is COc1cc(OC)nc(NCC(C)(C)C(N)=O)n1. The lowest BCUT2D eigenvalue weighted by Gasteiger charge is -2.20. The van der Waals surface area contributed by atoms with Crippen molar-refractivity contribution < 1.29 is 14.3 Å². The number of primary amides is 1. The Bertz CT molecular complexity index is 412. The van der Waals surface area contributed by atoms with E-state index in [2.05, 4.69) is 15.3 Å². The van der Waals surface area contributed by atoms with E-state index in [0.29, 0.717) is 24.3 Å². The summed E-state index contributed by atoms with van der Waals surface area (Å²) in [5.74, 6) is 0.674. The summed E-state index contributed by atoms with van der Waals surface area (Å²) in [5.41, 5.74) is 4.58. The maximum atomic E-state index is 11.2. The molecule has 0 aromatic carbocycles. The Morgan fingerprint density at radius 2 is 1.83 bits per heavy atom. The second-order valence-electron chi connectivity index (χ2n) is 4.38. The minimum absolute atomic E-state index is 0.318. The fourth-order valence-corrected chi connectivity index (χ4v) is 1.08. The van der Waals surface area contributed by atoms with Crippen molar-refractivity contribution in [3.63, 3.8) is 0 Å². The molecule has 1 aromatic rings. The zero-order valence-electron chi connectivity index (χ0n) is 11.0. The largest absolute Gasteiger partial charge is 0.481 e. The van der Waals surface area contributed by atoms with Crippen LogP contribution in [0.1, 0.15) is 13.8 Å². The van der Waals surface area contributed by atoms with Gasteiger partial charge in [-0.05, 0) is 13.8 Å². The molecule has 0 unspecified atom stereocenters. The van der Waals surface area contributed by atoms with Crippen molar-refractivity contribution >= 4 is 11.9 Å². The molecule has 3 N–H and O–H groups in total. The summed E-state index contributed by atoms with van der Waals surface area (Å²) < 4.78 is 10.0. The number of hydrogen-bond acceptors (Lipinski definition) is 6. The number of methoxy groups -OCH3 is 2. The molecule has 100 valence electrons. The Balaban J connectivity index is 2.81. The highest BCUT2D eigenvalue weighted by atomic mass is 16.5. The molecule has 0 fully saturated rings. The van der Waals surface area contributed by atoms with Gasteiger partial charge in [-0.1, -0.05) is 0 Å². The van der Waals surface area contributed by atoms with Crippen LogP contribution in [0, 0.1) is 5.41 Å². The first kappa shape index (κ1) is 14.0. The van der Waals surface area contributed by atoms with Crippen molar-refractivity contribution in [1.29, 1.82) is 0 Å². The third-order valence-corrected chi connectivity index (χ3v) is 2.45. The third-order valence-electron chi connectivity index (χ3n) is 2.45. The van der Waals surface area contributed by atoms with Crippen LogP contribution in [-0.2, 0) is 4.79 Å². The lowest BCUT2D eigenvalue weighted by molar-refractivity contribution is -0.125. The Labute approximate surface area is 106 Å². The van der Waals surface area contributed by atoms with Gasteiger partial charge in [-0.25, -0.2) is 0 Å². The molecule has 1 heterocycles. The lowest BCUT2D eigenvalue weighted by Crippen LogP contribution is -2.37. The highest BCUT2D eigenvalue weighted by Crippen LogP contribution is 2.19. The highest BCUT2D eigenvalue weighted by Gasteiger charge is 2.25. The Morgan fingerprint density at radius 3 is 2.22 bits per heavy atom. The number of carbonyl (C=O) groups is 1. The van der Waals surface area contributed by atoms with E-state index in [1.807, 2.05) is 0 Å². The van der Waals surface area contributed by atoms with Gasteiger partial charge in [0.1, 0.15) is 0 Å². The van der Waals surface area contributed by atoms with Crippen molar-refractivity contribution in [3.8, 4) is 11.8 Å². The van der Waals surface area contributed by atoms with Crippen LogP contribution < -0.4 is 20.5 Å². The van der Waals surface area contributed by atoms with E-state index in [-0.39, 0.29) is 0 Å². The molecule has 7 heteroatoms. The number of nitrogens with two attached hydrogens (primary N) is 1. The molecule has 0 atom stereocenters. The van der Waals surface area contributed by atoms with Crippen molar-refractivity contribution in [2.75, 3.05) is 26.1 Å². The summed E-state index contributed by atoms with van der Waals surface area (Å²) in [4.78, 5) is 19.4. The van der Waals surface area contributed by atoms with Gasteiger partial charge in [0.05, 0.1) is 25.7 Å². The van der Waals surface area contributed by atoms with Crippen LogP contribution in [0.2, 0.25) is 0 Å². The quantitative estimate of drug-likeness (QED) is 0.763. The molecule has 1 rings (SSSR count). The summed E-state index contributed by atoms with van der Waals surface area (Å²) in [6, 6.07) is 1.56. The summed E-state index contributed by atoms with van der Waals surface area (Å²) in [6.45, 7) is 3.79. The van der Waals surface area contributed by atoms with Crippen LogP contribution in [0.25, 0.3) is 0 Å². The first-order valence-electron chi connectivity index (χ1n) is 5.40. The molecular weight excluding hydrogens is 236 g/mol. The number of carbonyl (C=O) groups excluding carboxylic acids is 1. The monoisotopic (exact) mass is 254 g/mol. The van der Waals surface area contributed by atoms with Gasteiger partial charge in [-0.3, -0.25) is 4.79 Å². The Kier molecular flexibility index (Phi) is 4.30. The molecule has 0 saturated heterocycles. The van der Waals surface area contributed by atoms with Crippen LogP contribution in [0.4, 0.5) is 5.95 Å². The van der Waals surface area contributed by atoms with Crippen molar-refractivity contribution in [2.24, 2.45) is 11.1 Å². The van der Waals surface area contributed by atoms with Crippen molar-refractivity contribution in [1.82, 2.24) is 9.97 Å². The van der Waals surface area contributed by atoms with Crippen LogP contribution >= 0.6 is 0 Å². The standard InChI is InChI=1S/C11H18N4O3/c1-11(2,9(12)16)6-13-10-14-7(17-3)5-8(15-10)18-4/h5H,6H2,1-4H3,(H2,12,16)(H,13,14,15). The molecule has 1 amide bonds. The molecule has 0 spiro atoms. The average Bonchev–Trinajstić information content (AvgIpc) is 2.35. The van der Waals surface area contributed by atoms with Crippen molar-refractivity contribution in [2.45, 2.75) is 13.8 Å². The fraction of sp³-hybridized carbons (Fsp3) is 0.545.